The van der Waals surface area contributed by atoms with E-state index in [9.17, 15) is 25.0 Å². The molecule has 1 saturated heterocycles. The minimum absolute atomic E-state index is 0.127. The Hall–Kier alpha value is -3.83. The fourth-order valence-electron chi connectivity index (χ4n) is 3.55. The molecule has 1 aliphatic heterocycles. The van der Waals surface area contributed by atoms with Crippen molar-refractivity contribution in [1.29, 1.82) is 0 Å². The van der Waals surface area contributed by atoms with Gasteiger partial charge in [-0.1, -0.05) is 19.1 Å². The zero-order valence-electron chi connectivity index (χ0n) is 16.3. The summed E-state index contributed by atoms with van der Waals surface area (Å²) in [6, 6.07) is 5.53. The zero-order valence-corrected chi connectivity index (χ0v) is 16.3. The van der Waals surface area contributed by atoms with Crippen molar-refractivity contribution in [3.8, 4) is 0 Å². The molecule has 2 aromatic rings. The number of hydrogen-bond donors (Lipinski definition) is 2. The summed E-state index contributed by atoms with van der Waals surface area (Å²) in [5, 5.41) is 22.9. The summed E-state index contributed by atoms with van der Waals surface area (Å²) < 4.78 is 0. The first-order valence-electron chi connectivity index (χ1n) is 9.49. The van der Waals surface area contributed by atoms with Gasteiger partial charge in [0.2, 0.25) is 11.6 Å². The Morgan fingerprint density at radius 3 is 2.67 bits per heavy atom. The summed E-state index contributed by atoms with van der Waals surface area (Å²) in [4.78, 5) is 44.0. The minimum atomic E-state index is -0.818. The van der Waals surface area contributed by atoms with Crippen molar-refractivity contribution in [3.63, 3.8) is 0 Å². The van der Waals surface area contributed by atoms with Gasteiger partial charge in [0.25, 0.3) is 11.6 Å². The SMILES string of the molecule is CCC1CCCCN1c1ncnc(NNC(=O)c2ccccc2[N+](=O)[O-])c1[N+](=O)[O-]. The van der Waals surface area contributed by atoms with Gasteiger partial charge in [0, 0.05) is 18.7 Å². The van der Waals surface area contributed by atoms with E-state index >= 15 is 0 Å². The molecule has 1 unspecified atom stereocenters. The van der Waals surface area contributed by atoms with Crippen LogP contribution in [0.2, 0.25) is 0 Å². The van der Waals surface area contributed by atoms with Crippen LogP contribution in [0.1, 0.15) is 43.0 Å². The Kier molecular flexibility index (Phi) is 6.35. The number of para-hydroxylation sites is 1. The predicted octanol–water partition coefficient (Wildman–Crippen LogP) is 2.82. The number of nitrogens with zero attached hydrogens (tertiary/aromatic N) is 5. The molecule has 12 nitrogen and oxygen atoms in total. The summed E-state index contributed by atoms with van der Waals surface area (Å²) in [6.45, 7) is 2.65. The van der Waals surface area contributed by atoms with Gasteiger partial charge in [0.15, 0.2) is 0 Å². The second-order valence-corrected chi connectivity index (χ2v) is 6.76. The molecule has 0 aliphatic carbocycles. The smallest absolute Gasteiger partial charge is 0.348 e. The minimum Gasteiger partial charge on any atom is -0.348 e. The molecule has 0 radical (unpaired) electrons. The zero-order chi connectivity index (χ0) is 21.7. The highest BCUT2D eigenvalue weighted by molar-refractivity contribution is 5.98. The van der Waals surface area contributed by atoms with Crippen LogP contribution < -0.4 is 15.8 Å². The van der Waals surface area contributed by atoms with Crippen molar-refractivity contribution in [2.24, 2.45) is 0 Å². The van der Waals surface area contributed by atoms with E-state index in [2.05, 4.69) is 20.8 Å². The molecule has 1 fully saturated rings. The number of rotatable bonds is 7. The molecule has 2 N–H and O–H groups in total. The summed E-state index contributed by atoms with van der Waals surface area (Å²) in [7, 11) is 0. The van der Waals surface area contributed by atoms with E-state index in [0.29, 0.717) is 6.54 Å². The van der Waals surface area contributed by atoms with Crippen LogP contribution in [-0.4, -0.2) is 38.3 Å². The van der Waals surface area contributed by atoms with Gasteiger partial charge < -0.3 is 4.90 Å². The number of benzene rings is 1. The molecule has 0 spiro atoms. The van der Waals surface area contributed by atoms with Crippen LogP contribution >= 0.6 is 0 Å². The number of anilines is 2. The third-order valence-electron chi connectivity index (χ3n) is 5.00. The van der Waals surface area contributed by atoms with Crippen LogP contribution in [0.5, 0.6) is 0 Å². The Labute approximate surface area is 171 Å². The third-order valence-corrected chi connectivity index (χ3v) is 5.00. The second kappa shape index (κ2) is 9.11. The molecule has 0 saturated carbocycles. The molecule has 2 heterocycles. The topological polar surface area (TPSA) is 156 Å². The van der Waals surface area contributed by atoms with Crippen LogP contribution in [0.4, 0.5) is 23.0 Å². The number of nitro benzene ring substituents is 1. The van der Waals surface area contributed by atoms with E-state index in [1.165, 1.54) is 30.6 Å². The monoisotopic (exact) mass is 415 g/mol. The number of nitrogens with one attached hydrogen (secondary N) is 2. The lowest BCUT2D eigenvalue weighted by Gasteiger charge is -2.35. The lowest BCUT2D eigenvalue weighted by Crippen LogP contribution is -2.40. The van der Waals surface area contributed by atoms with Crippen molar-refractivity contribution >= 4 is 28.9 Å². The van der Waals surface area contributed by atoms with E-state index < -0.39 is 15.8 Å². The van der Waals surface area contributed by atoms with Gasteiger partial charge in [-0.2, -0.15) is 0 Å². The molecule has 1 aliphatic rings. The van der Waals surface area contributed by atoms with Gasteiger partial charge in [-0.05, 0) is 31.7 Å². The van der Waals surface area contributed by atoms with Gasteiger partial charge in [-0.25, -0.2) is 9.97 Å². The molecular weight excluding hydrogens is 394 g/mol. The van der Waals surface area contributed by atoms with Crippen LogP contribution in [-0.2, 0) is 0 Å². The molecule has 1 aromatic carbocycles. The molecule has 3 rings (SSSR count). The van der Waals surface area contributed by atoms with Gasteiger partial charge >= 0.3 is 5.69 Å². The average Bonchev–Trinajstić information content (AvgIpc) is 2.76. The highest BCUT2D eigenvalue weighted by Crippen LogP contribution is 2.35. The van der Waals surface area contributed by atoms with Crippen molar-refractivity contribution in [2.45, 2.75) is 38.6 Å². The Morgan fingerprint density at radius 2 is 1.97 bits per heavy atom. The summed E-state index contributed by atoms with van der Waals surface area (Å²) >= 11 is 0. The fraction of sp³-hybridized carbons (Fsp3) is 0.389. The first-order chi connectivity index (χ1) is 14.4. The summed E-state index contributed by atoms with van der Waals surface area (Å²) in [5.74, 6) is -0.831. The Bertz CT molecular complexity index is 968. The number of amides is 1. The van der Waals surface area contributed by atoms with Crippen LogP contribution in [0.25, 0.3) is 0 Å². The van der Waals surface area contributed by atoms with Gasteiger partial charge in [-0.3, -0.25) is 35.9 Å². The molecule has 158 valence electrons. The molecule has 1 atom stereocenters. The highest BCUT2D eigenvalue weighted by Gasteiger charge is 2.32. The third kappa shape index (κ3) is 4.26. The number of hydrogen-bond acceptors (Lipinski definition) is 9. The lowest BCUT2D eigenvalue weighted by molar-refractivity contribution is -0.385. The quantitative estimate of drug-likeness (QED) is 0.512. The largest absolute Gasteiger partial charge is 0.355 e. The standard InChI is InChI=1S/C18H21N7O5/c1-2-12-7-5-6-10-23(12)17-15(25(29)30)16(19-11-20-17)21-22-18(26)13-8-3-4-9-14(13)24(27)28/h3-4,8-9,11-12H,2,5-7,10H2,1H3,(H,22,26)(H,19,20,21). The average molecular weight is 415 g/mol. The predicted molar refractivity (Wildman–Crippen MR) is 108 cm³/mol. The Morgan fingerprint density at radius 1 is 1.20 bits per heavy atom. The van der Waals surface area contributed by atoms with E-state index in [1.807, 2.05) is 11.8 Å². The molecule has 1 amide bonds. The highest BCUT2D eigenvalue weighted by atomic mass is 16.6. The van der Waals surface area contributed by atoms with Crippen LogP contribution in [0, 0.1) is 20.2 Å². The van der Waals surface area contributed by atoms with E-state index in [1.54, 1.807) is 0 Å². The number of carbonyl (C=O) groups excluding carboxylic acids is 1. The number of carbonyl (C=O) groups is 1. The fourth-order valence-corrected chi connectivity index (χ4v) is 3.55. The first-order valence-corrected chi connectivity index (χ1v) is 9.49. The molecule has 12 heteroatoms. The molecule has 30 heavy (non-hydrogen) atoms. The number of aromatic nitrogens is 2. The van der Waals surface area contributed by atoms with Crippen LogP contribution in [0.15, 0.2) is 30.6 Å². The first kappa shape index (κ1) is 20.9. The number of piperidine rings is 1. The van der Waals surface area contributed by atoms with Crippen LogP contribution in [0.3, 0.4) is 0 Å². The molecule has 1 aromatic heterocycles. The Balaban J connectivity index is 1.87. The molecule has 0 bridgehead atoms. The van der Waals surface area contributed by atoms with Gasteiger partial charge in [0.1, 0.15) is 11.9 Å². The maximum atomic E-state index is 12.4. The number of hydrazine groups is 1. The summed E-state index contributed by atoms with van der Waals surface area (Å²) in [6.07, 6.45) is 4.86. The summed E-state index contributed by atoms with van der Waals surface area (Å²) in [5.41, 5.74) is 3.76. The van der Waals surface area contributed by atoms with Crippen molar-refractivity contribution in [1.82, 2.24) is 15.4 Å². The van der Waals surface area contributed by atoms with Crippen molar-refractivity contribution < 1.29 is 14.6 Å². The van der Waals surface area contributed by atoms with E-state index in [0.717, 1.165) is 25.7 Å². The van der Waals surface area contributed by atoms with Gasteiger partial charge in [-0.15, -0.1) is 0 Å². The van der Waals surface area contributed by atoms with Gasteiger partial charge in [0.05, 0.1) is 9.85 Å². The van der Waals surface area contributed by atoms with E-state index in [-0.39, 0.29) is 34.6 Å². The maximum Gasteiger partial charge on any atom is 0.355 e. The number of nitro groups is 2. The molecular formula is C18H21N7O5. The maximum absolute atomic E-state index is 12.4. The van der Waals surface area contributed by atoms with E-state index in [4.69, 9.17) is 0 Å². The normalized spacial score (nSPS) is 16.0. The second-order valence-electron chi connectivity index (χ2n) is 6.76. The lowest BCUT2D eigenvalue weighted by atomic mass is 10.00. The van der Waals surface area contributed by atoms with Crippen molar-refractivity contribution in [3.05, 3.63) is 56.4 Å². The van der Waals surface area contributed by atoms with Crippen molar-refractivity contribution in [2.75, 3.05) is 16.9 Å².